The molecule has 3 heteroatoms. The Morgan fingerprint density at radius 3 is 2.88 bits per heavy atom. The molecule has 98 valence electrons. The Kier molecular flexibility index (Phi) is 4.56. The van der Waals surface area contributed by atoms with Crippen LogP contribution in [0.4, 0.5) is 0 Å². The second-order valence-corrected chi connectivity index (χ2v) is 7.84. The molecular formula is C14H26N2S. The number of nitrogens with zero attached hydrogens (tertiary/aromatic N) is 1. The van der Waals surface area contributed by atoms with Gasteiger partial charge in [-0.25, -0.2) is 0 Å². The second-order valence-electron chi connectivity index (χ2n) is 6.04. The summed E-state index contributed by atoms with van der Waals surface area (Å²) < 4.78 is 0.461. The molecule has 0 amide bonds. The number of thioether (sulfide) groups is 1. The smallest absolute Gasteiger partial charge is 0.0203 e. The normalized spacial score (nSPS) is 25.5. The van der Waals surface area contributed by atoms with Crippen LogP contribution in [-0.2, 0) is 0 Å². The predicted octanol–water partition coefficient (Wildman–Crippen LogP) is 2.51. The SMILES string of the molecule is C=C(CNC1CC1)CN1CCSC(C)(C)CC1. The third-order valence-electron chi connectivity index (χ3n) is 3.60. The quantitative estimate of drug-likeness (QED) is 0.759. The summed E-state index contributed by atoms with van der Waals surface area (Å²) in [6.07, 6.45) is 4.02. The van der Waals surface area contributed by atoms with E-state index in [1.165, 1.54) is 43.7 Å². The third kappa shape index (κ3) is 5.02. The molecule has 1 aliphatic carbocycles. The Hall–Kier alpha value is 0.0100. The molecule has 2 fully saturated rings. The standard InChI is InChI=1S/C14H26N2S/c1-12(10-15-13-4-5-13)11-16-7-6-14(2,3)17-9-8-16/h13,15H,1,4-11H2,2-3H3. The molecule has 17 heavy (non-hydrogen) atoms. The average Bonchev–Trinajstić information content (AvgIpc) is 3.06. The average molecular weight is 254 g/mol. The molecule has 0 radical (unpaired) electrons. The Balaban J connectivity index is 1.68. The van der Waals surface area contributed by atoms with E-state index in [2.05, 4.69) is 42.4 Å². The molecule has 0 spiro atoms. The van der Waals surface area contributed by atoms with Gasteiger partial charge in [-0.05, 0) is 31.4 Å². The summed E-state index contributed by atoms with van der Waals surface area (Å²) in [4.78, 5) is 2.57. The van der Waals surface area contributed by atoms with E-state index in [0.29, 0.717) is 4.75 Å². The van der Waals surface area contributed by atoms with Gasteiger partial charge in [0.2, 0.25) is 0 Å². The van der Waals surface area contributed by atoms with E-state index in [4.69, 9.17) is 0 Å². The highest BCUT2D eigenvalue weighted by molar-refractivity contribution is 8.00. The lowest BCUT2D eigenvalue weighted by molar-refractivity contribution is 0.305. The lowest BCUT2D eigenvalue weighted by atomic mass is 10.1. The van der Waals surface area contributed by atoms with Crippen LogP contribution in [0.5, 0.6) is 0 Å². The lowest BCUT2D eigenvalue weighted by Crippen LogP contribution is -2.32. The highest BCUT2D eigenvalue weighted by Gasteiger charge is 2.24. The van der Waals surface area contributed by atoms with E-state index in [9.17, 15) is 0 Å². The van der Waals surface area contributed by atoms with Crippen LogP contribution in [0.2, 0.25) is 0 Å². The van der Waals surface area contributed by atoms with Crippen LogP contribution < -0.4 is 5.32 Å². The van der Waals surface area contributed by atoms with Crippen LogP contribution in [0.3, 0.4) is 0 Å². The molecule has 1 saturated heterocycles. The number of rotatable bonds is 5. The molecule has 1 saturated carbocycles. The highest BCUT2D eigenvalue weighted by atomic mass is 32.2. The zero-order chi connectivity index (χ0) is 12.3. The fraction of sp³-hybridized carbons (Fsp3) is 0.857. The van der Waals surface area contributed by atoms with Gasteiger partial charge in [0.1, 0.15) is 0 Å². The van der Waals surface area contributed by atoms with Crippen molar-refractivity contribution in [1.82, 2.24) is 10.2 Å². The van der Waals surface area contributed by atoms with Gasteiger partial charge in [0.25, 0.3) is 0 Å². The molecule has 0 atom stereocenters. The maximum atomic E-state index is 4.20. The predicted molar refractivity (Wildman–Crippen MR) is 77.8 cm³/mol. The van der Waals surface area contributed by atoms with Crippen molar-refractivity contribution in [3.05, 3.63) is 12.2 Å². The van der Waals surface area contributed by atoms with Crippen molar-refractivity contribution >= 4 is 11.8 Å². The minimum atomic E-state index is 0.461. The number of hydrogen-bond donors (Lipinski definition) is 1. The molecule has 1 aliphatic heterocycles. The Morgan fingerprint density at radius 2 is 2.18 bits per heavy atom. The van der Waals surface area contributed by atoms with Crippen LogP contribution in [0.15, 0.2) is 12.2 Å². The van der Waals surface area contributed by atoms with Crippen molar-refractivity contribution in [3.63, 3.8) is 0 Å². The van der Waals surface area contributed by atoms with Crippen molar-refractivity contribution in [2.75, 3.05) is 31.9 Å². The summed E-state index contributed by atoms with van der Waals surface area (Å²) in [6.45, 7) is 13.5. The van der Waals surface area contributed by atoms with Crippen molar-refractivity contribution in [3.8, 4) is 0 Å². The Bertz CT molecular complexity index is 271. The first kappa shape index (κ1) is 13.4. The first-order valence-corrected chi connectivity index (χ1v) is 7.80. The van der Waals surface area contributed by atoms with Crippen LogP contribution in [-0.4, -0.2) is 47.6 Å². The molecule has 1 N–H and O–H groups in total. The van der Waals surface area contributed by atoms with E-state index in [1.54, 1.807) is 0 Å². The summed E-state index contributed by atoms with van der Waals surface area (Å²) in [6, 6.07) is 0.797. The fourth-order valence-corrected chi connectivity index (χ4v) is 3.31. The van der Waals surface area contributed by atoms with Crippen molar-refractivity contribution in [2.45, 2.75) is 43.9 Å². The first-order chi connectivity index (χ1) is 8.05. The van der Waals surface area contributed by atoms with Gasteiger partial charge in [-0.2, -0.15) is 11.8 Å². The van der Waals surface area contributed by atoms with E-state index in [-0.39, 0.29) is 0 Å². The molecule has 0 bridgehead atoms. The maximum absolute atomic E-state index is 4.20. The molecule has 1 heterocycles. The van der Waals surface area contributed by atoms with Gasteiger partial charge in [0.15, 0.2) is 0 Å². The number of nitrogens with one attached hydrogen (secondary N) is 1. The molecule has 0 aromatic heterocycles. The Morgan fingerprint density at radius 1 is 1.41 bits per heavy atom. The molecule has 2 rings (SSSR count). The minimum Gasteiger partial charge on any atom is -0.310 e. The molecule has 2 aliphatic rings. The zero-order valence-electron chi connectivity index (χ0n) is 11.3. The van der Waals surface area contributed by atoms with Crippen molar-refractivity contribution in [2.24, 2.45) is 0 Å². The largest absolute Gasteiger partial charge is 0.310 e. The van der Waals surface area contributed by atoms with Gasteiger partial charge >= 0.3 is 0 Å². The monoisotopic (exact) mass is 254 g/mol. The summed E-state index contributed by atoms with van der Waals surface area (Å²) in [5.74, 6) is 1.26. The highest BCUT2D eigenvalue weighted by Crippen LogP contribution is 2.30. The van der Waals surface area contributed by atoms with Gasteiger partial charge in [0, 0.05) is 36.2 Å². The fourth-order valence-electron chi connectivity index (χ4n) is 2.17. The molecule has 0 unspecified atom stereocenters. The van der Waals surface area contributed by atoms with Gasteiger partial charge in [0.05, 0.1) is 0 Å². The van der Waals surface area contributed by atoms with E-state index < -0.39 is 0 Å². The van der Waals surface area contributed by atoms with E-state index in [0.717, 1.165) is 19.1 Å². The van der Waals surface area contributed by atoms with Gasteiger partial charge in [-0.15, -0.1) is 0 Å². The topological polar surface area (TPSA) is 15.3 Å². The van der Waals surface area contributed by atoms with Gasteiger partial charge in [-0.3, -0.25) is 4.90 Å². The van der Waals surface area contributed by atoms with Crippen LogP contribution in [0, 0.1) is 0 Å². The minimum absolute atomic E-state index is 0.461. The van der Waals surface area contributed by atoms with Crippen molar-refractivity contribution in [1.29, 1.82) is 0 Å². The lowest BCUT2D eigenvalue weighted by Gasteiger charge is -2.23. The maximum Gasteiger partial charge on any atom is 0.0203 e. The molecule has 0 aromatic rings. The molecule has 2 nitrogen and oxygen atoms in total. The van der Waals surface area contributed by atoms with E-state index in [1.807, 2.05) is 0 Å². The second kappa shape index (κ2) is 5.77. The Labute approximate surface area is 110 Å². The summed E-state index contributed by atoms with van der Waals surface area (Å²) in [7, 11) is 0. The van der Waals surface area contributed by atoms with Crippen molar-refractivity contribution < 1.29 is 0 Å². The first-order valence-electron chi connectivity index (χ1n) is 6.81. The van der Waals surface area contributed by atoms with E-state index >= 15 is 0 Å². The number of hydrogen-bond acceptors (Lipinski definition) is 3. The van der Waals surface area contributed by atoms with Crippen LogP contribution in [0.25, 0.3) is 0 Å². The van der Waals surface area contributed by atoms with Crippen LogP contribution in [0.1, 0.15) is 33.1 Å². The molecule has 0 aromatic carbocycles. The third-order valence-corrected chi connectivity index (χ3v) is 4.97. The van der Waals surface area contributed by atoms with Gasteiger partial charge < -0.3 is 5.32 Å². The summed E-state index contributed by atoms with van der Waals surface area (Å²) in [5, 5.41) is 3.55. The van der Waals surface area contributed by atoms with Crippen LogP contribution >= 0.6 is 11.8 Å². The van der Waals surface area contributed by atoms with Gasteiger partial charge in [-0.1, -0.05) is 20.4 Å². The molecular weight excluding hydrogens is 228 g/mol. The summed E-state index contributed by atoms with van der Waals surface area (Å²) >= 11 is 2.11. The zero-order valence-corrected chi connectivity index (χ0v) is 12.1. The summed E-state index contributed by atoms with van der Waals surface area (Å²) in [5.41, 5.74) is 1.35.